The van der Waals surface area contributed by atoms with Gasteiger partial charge in [0.1, 0.15) is 5.56 Å². The minimum absolute atomic E-state index is 0.0745. The van der Waals surface area contributed by atoms with Crippen LogP contribution in [0, 0.1) is 0 Å². The van der Waals surface area contributed by atoms with Crippen molar-refractivity contribution in [1.29, 1.82) is 0 Å². The van der Waals surface area contributed by atoms with Crippen molar-refractivity contribution in [2.24, 2.45) is 0 Å². The number of hydrogen-bond acceptors (Lipinski definition) is 7. The van der Waals surface area contributed by atoms with E-state index in [2.05, 4.69) is 25.1 Å². The van der Waals surface area contributed by atoms with E-state index in [4.69, 9.17) is 0 Å². The Kier molecular flexibility index (Phi) is 4.67. The molecule has 2 N–H and O–H groups in total. The molecule has 10 heteroatoms. The van der Waals surface area contributed by atoms with Crippen LogP contribution in [0.4, 0.5) is 5.82 Å². The van der Waals surface area contributed by atoms with Crippen LogP contribution in [-0.2, 0) is 0 Å². The quantitative estimate of drug-likeness (QED) is 0.649. The summed E-state index contributed by atoms with van der Waals surface area (Å²) in [6.07, 6.45) is 4.56. The van der Waals surface area contributed by atoms with Crippen molar-refractivity contribution in [3.05, 3.63) is 69.3 Å². The number of aromatic nitrogens is 5. The van der Waals surface area contributed by atoms with Gasteiger partial charge in [0, 0.05) is 50.3 Å². The minimum Gasteiger partial charge on any atom is -0.352 e. The predicted octanol–water partition coefficient (Wildman–Crippen LogP) is -0.122. The van der Waals surface area contributed by atoms with Gasteiger partial charge in [0.05, 0.1) is 5.69 Å². The van der Waals surface area contributed by atoms with Gasteiger partial charge in [0.2, 0.25) is 0 Å². The molecule has 10 nitrogen and oxygen atoms in total. The number of piperazine rings is 1. The van der Waals surface area contributed by atoms with E-state index >= 15 is 0 Å². The Morgan fingerprint density at radius 1 is 0.964 bits per heavy atom. The summed E-state index contributed by atoms with van der Waals surface area (Å²) in [6, 6.07) is 7.53. The van der Waals surface area contributed by atoms with Gasteiger partial charge in [-0.15, -0.1) is 10.2 Å². The average molecular weight is 379 g/mol. The number of nitrogens with zero attached hydrogens (tertiary/aromatic N) is 5. The fourth-order valence-corrected chi connectivity index (χ4v) is 3.05. The molecular formula is C18H17N7O3. The molecule has 1 fully saturated rings. The van der Waals surface area contributed by atoms with E-state index < -0.39 is 17.2 Å². The lowest BCUT2D eigenvalue weighted by molar-refractivity contribution is 0.0744. The Balaban J connectivity index is 1.42. The maximum absolute atomic E-state index is 12.5. The van der Waals surface area contributed by atoms with Crippen molar-refractivity contribution in [2.75, 3.05) is 31.1 Å². The second-order valence-corrected chi connectivity index (χ2v) is 6.28. The summed E-state index contributed by atoms with van der Waals surface area (Å²) in [5.74, 6) is 0.322. The molecule has 28 heavy (non-hydrogen) atoms. The lowest BCUT2D eigenvalue weighted by atomic mass is 10.2. The van der Waals surface area contributed by atoms with E-state index in [1.807, 2.05) is 29.2 Å². The zero-order chi connectivity index (χ0) is 19.5. The number of anilines is 1. The number of nitrogens with one attached hydrogen (secondary N) is 2. The summed E-state index contributed by atoms with van der Waals surface area (Å²) in [4.78, 5) is 47.4. The van der Waals surface area contributed by atoms with Gasteiger partial charge in [-0.05, 0) is 24.3 Å². The van der Waals surface area contributed by atoms with Crippen molar-refractivity contribution < 1.29 is 4.79 Å². The Morgan fingerprint density at radius 2 is 1.71 bits per heavy atom. The minimum atomic E-state index is -0.686. The SMILES string of the molecule is O=C(c1c[nH]c(=O)[nH]c1=O)N1CCN(c2ccc(-c3ccncc3)nn2)CC1. The summed E-state index contributed by atoms with van der Waals surface area (Å²) in [5, 5.41) is 8.55. The number of hydrogen-bond donors (Lipinski definition) is 2. The molecule has 0 unspecified atom stereocenters. The number of rotatable bonds is 3. The highest BCUT2D eigenvalue weighted by molar-refractivity contribution is 5.93. The fourth-order valence-electron chi connectivity index (χ4n) is 3.05. The molecule has 1 aliphatic rings. The van der Waals surface area contributed by atoms with Gasteiger partial charge in [-0.3, -0.25) is 19.6 Å². The van der Waals surface area contributed by atoms with Crippen molar-refractivity contribution in [2.45, 2.75) is 0 Å². The number of H-pyrrole nitrogens is 2. The molecule has 0 saturated carbocycles. The number of amides is 1. The molecule has 0 aromatic carbocycles. The third-order valence-corrected chi connectivity index (χ3v) is 4.57. The predicted molar refractivity (Wildman–Crippen MR) is 101 cm³/mol. The summed E-state index contributed by atoms with van der Waals surface area (Å²) >= 11 is 0. The van der Waals surface area contributed by atoms with Crippen molar-refractivity contribution >= 4 is 11.7 Å². The molecule has 1 amide bonds. The maximum atomic E-state index is 12.5. The molecule has 0 bridgehead atoms. The third kappa shape index (κ3) is 3.52. The van der Waals surface area contributed by atoms with Crippen LogP contribution in [0.1, 0.15) is 10.4 Å². The zero-order valence-corrected chi connectivity index (χ0v) is 14.8. The van der Waals surface area contributed by atoms with E-state index in [9.17, 15) is 14.4 Å². The molecule has 0 radical (unpaired) electrons. The van der Waals surface area contributed by atoms with Gasteiger partial charge in [-0.1, -0.05) is 0 Å². The number of carbonyl (C=O) groups excluding carboxylic acids is 1. The molecule has 142 valence electrons. The summed E-state index contributed by atoms with van der Waals surface area (Å²) < 4.78 is 0. The first kappa shape index (κ1) is 17.6. The van der Waals surface area contributed by atoms with Gasteiger partial charge in [-0.25, -0.2) is 4.79 Å². The smallest absolute Gasteiger partial charge is 0.325 e. The summed E-state index contributed by atoms with van der Waals surface area (Å²) in [6.45, 7) is 2.00. The second-order valence-electron chi connectivity index (χ2n) is 6.28. The van der Waals surface area contributed by atoms with Gasteiger partial charge in [-0.2, -0.15) is 0 Å². The van der Waals surface area contributed by atoms with Gasteiger partial charge < -0.3 is 14.8 Å². The number of pyridine rings is 1. The van der Waals surface area contributed by atoms with Crippen LogP contribution in [0.5, 0.6) is 0 Å². The van der Waals surface area contributed by atoms with Gasteiger partial charge in [0.25, 0.3) is 11.5 Å². The second kappa shape index (κ2) is 7.43. The monoisotopic (exact) mass is 379 g/mol. The van der Waals surface area contributed by atoms with Crippen LogP contribution in [-0.4, -0.2) is 62.1 Å². The van der Waals surface area contributed by atoms with Crippen molar-refractivity contribution in [3.63, 3.8) is 0 Å². The fraction of sp³-hybridized carbons (Fsp3) is 0.222. The van der Waals surface area contributed by atoms with Gasteiger partial charge in [0.15, 0.2) is 5.82 Å². The molecule has 0 atom stereocenters. The summed E-state index contributed by atoms with van der Waals surface area (Å²) in [7, 11) is 0. The van der Waals surface area contributed by atoms with Crippen LogP contribution in [0.15, 0.2) is 52.4 Å². The highest BCUT2D eigenvalue weighted by Gasteiger charge is 2.24. The Hall–Kier alpha value is -3.82. The van der Waals surface area contributed by atoms with Gasteiger partial charge >= 0.3 is 5.69 Å². The number of aromatic amines is 2. The van der Waals surface area contributed by atoms with E-state index in [1.54, 1.807) is 17.3 Å². The molecule has 1 saturated heterocycles. The van der Waals surface area contributed by atoms with Crippen LogP contribution in [0.2, 0.25) is 0 Å². The lowest BCUT2D eigenvalue weighted by Crippen LogP contribution is -2.50. The van der Waals surface area contributed by atoms with Crippen LogP contribution in [0.3, 0.4) is 0 Å². The van der Waals surface area contributed by atoms with Crippen LogP contribution in [0.25, 0.3) is 11.3 Å². The third-order valence-electron chi connectivity index (χ3n) is 4.57. The molecule has 1 aliphatic heterocycles. The van der Waals surface area contributed by atoms with Crippen molar-refractivity contribution in [3.8, 4) is 11.3 Å². The highest BCUT2D eigenvalue weighted by atomic mass is 16.2. The molecule has 4 rings (SSSR count). The van der Waals surface area contributed by atoms with E-state index in [-0.39, 0.29) is 5.56 Å². The number of carbonyl (C=O) groups is 1. The Bertz CT molecular complexity index is 1080. The molecule has 3 aromatic heterocycles. The van der Waals surface area contributed by atoms with Crippen LogP contribution >= 0.6 is 0 Å². The lowest BCUT2D eigenvalue weighted by Gasteiger charge is -2.35. The standard InChI is InChI=1S/C18H17N7O3/c26-16-13(11-20-18(28)21-16)17(27)25-9-7-24(8-10-25)15-2-1-14(22-23-15)12-3-5-19-6-4-12/h1-6,11H,7-10H2,(H2,20,21,26,28). The molecule has 0 aliphatic carbocycles. The first-order chi connectivity index (χ1) is 13.6. The van der Waals surface area contributed by atoms with E-state index in [0.29, 0.717) is 26.2 Å². The maximum Gasteiger partial charge on any atom is 0.325 e. The molecule has 4 heterocycles. The first-order valence-electron chi connectivity index (χ1n) is 8.72. The van der Waals surface area contributed by atoms with E-state index in [0.717, 1.165) is 23.3 Å². The molecular weight excluding hydrogens is 362 g/mol. The van der Waals surface area contributed by atoms with E-state index in [1.165, 1.54) is 0 Å². The average Bonchev–Trinajstić information content (AvgIpc) is 2.74. The highest BCUT2D eigenvalue weighted by Crippen LogP contribution is 2.18. The first-order valence-corrected chi connectivity index (χ1v) is 8.72. The Labute approximate surface area is 158 Å². The largest absolute Gasteiger partial charge is 0.352 e. The molecule has 3 aromatic rings. The molecule has 0 spiro atoms. The van der Waals surface area contributed by atoms with Crippen molar-refractivity contribution in [1.82, 2.24) is 30.0 Å². The van der Waals surface area contributed by atoms with Crippen LogP contribution < -0.4 is 16.1 Å². The topological polar surface area (TPSA) is 128 Å². The normalized spacial score (nSPS) is 14.1. The zero-order valence-electron chi connectivity index (χ0n) is 14.8. The summed E-state index contributed by atoms with van der Waals surface area (Å²) in [5.41, 5.74) is 0.302. The Morgan fingerprint density at radius 3 is 2.36 bits per heavy atom.